The molecule has 1 aromatic rings. The second-order valence-electron chi connectivity index (χ2n) is 4.26. The van der Waals surface area contributed by atoms with Gasteiger partial charge in [-0.25, -0.2) is 9.97 Å². The second-order valence-corrected chi connectivity index (χ2v) is 5.81. The van der Waals surface area contributed by atoms with Crippen molar-refractivity contribution in [3.05, 3.63) is 18.1 Å². The van der Waals surface area contributed by atoms with Crippen molar-refractivity contribution in [2.75, 3.05) is 17.3 Å². The molecule has 0 spiro atoms. The van der Waals surface area contributed by atoms with Crippen LogP contribution in [0.3, 0.4) is 0 Å². The molecule has 2 atom stereocenters. The van der Waals surface area contributed by atoms with Crippen LogP contribution in [0.2, 0.25) is 0 Å². The second kappa shape index (κ2) is 7.37. The predicted octanol–water partition coefficient (Wildman–Crippen LogP) is 2.00. The Morgan fingerprint density at radius 2 is 2.24 bits per heavy atom. The third kappa shape index (κ3) is 5.77. The van der Waals surface area contributed by atoms with Gasteiger partial charge in [0.1, 0.15) is 12.1 Å². The third-order valence-electron chi connectivity index (χ3n) is 2.46. The molecule has 1 aromatic heterocycles. The lowest BCUT2D eigenvalue weighted by molar-refractivity contribution is 0.678. The minimum absolute atomic E-state index is 0.281. The van der Waals surface area contributed by atoms with Crippen LogP contribution in [0.25, 0.3) is 0 Å². The Hall–Kier alpha value is -0.970. The molecule has 96 valence electrons. The van der Waals surface area contributed by atoms with E-state index in [1.807, 2.05) is 6.07 Å². The Morgan fingerprint density at radius 1 is 1.47 bits per heavy atom. The first-order chi connectivity index (χ1) is 8.11. The van der Waals surface area contributed by atoms with E-state index in [9.17, 15) is 4.21 Å². The molecule has 1 N–H and O–H groups in total. The highest BCUT2D eigenvalue weighted by Gasteiger charge is 2.05. The van der Waals surface area contributed by atoms with E-state index in [1.165, 1.54) is 0 Å². The Kier molecular flexibility index (Phi) is 6.11. The Bertz CT molecular complexity index is 371. The first-order valence-electron chi connectivity index (χ1n) is 5.99. The van der Waals surface area contributed by atoms with Crippen molar-refractivity contribution in [2.24, 2.45) is 0 Å². The maximum Gasteiger partial charge on any atom is 0.129 e. The summed E-state index contributed by atoms with van der Waals surface area (Å²) in [6, 6.07) is 2.27. The van der Waals surface area contributed by atoms with Crippen LogP contribution in [0.4, 0.5) is 5.82 Å². The number of aromatic nitrogens is 2. The summed E-state index contributed by atoms with van der Waals surface area (Å²) in [4.78, 5) is 8.40. The average molecular weight is 255 g/mol. The molecule has 0 aliphatic carbocycles. The quantitative estimate of drug-likeness (QED) is 0.809. The molecule has 0 aliphatic rings. The summed E-state index contributed by atoms with van der Waals surface area (Å²) in [6.45, 7) is 4.21. The number of hydrogen-bond donors (Lipinski definition) is 1. The van der Waals surface area contributed by atoms with Crippen molar-refractivity contribution in [1.82, 2.24) is 9.97 Å². The smallest absolute Gasteiger partial charge is 0.129 e. The zero-order valence-corrected chi connectivity index (χ0v) is 11.6. The summed E-state index contributed by atoms with van der Waals surface area (Å²) in [7, 11) is -0.724. The first-order valence-corrected chi connectivity index (χ1v) is 7.72. The van der Waals surface area contributed by atoms with Gasteiger partial charge >= 0.3 is 0 Å². The Labute approximate surface area is 106 Å². The topological polar surface area (TPSA) is 54.9 Å². The fourth-order valence-corrected chi connectivity index (χ4v) is 2.22. The van der Waals surface area contributed by atoms with E-state index in [2.05, 4.69) is 29.1 Å². The largest absolute Gasteiger partial charge is 0.367 e. The van der Waals surface area contributed by atoms with Crippen LogP contribution in [0, 0.1) is 0 Å². The maximum absolute atomic E-state index is 11.0. The molecule has 0 aliphatic heterocycles. The highest BCUT2D eigenvalue weighted by atomic mass is 32.2. The number of rotatable bonds is 7. The lowest BCUT2D eigenvalue weighted by Gasteiger charge is -2.13. The van der Waals surface area contributed by atoms with Crippen LogP contribution in [-0.2, 0) is 17.2 Å². The van der Waals surface area contributed by atoms with Gasteiger partial charge in [-0.15, -0.1) is 0 Å². The van der Waals surface area contributed by atoms with Crippen LogP contribution in [-0.4, -0.2) is 32.2 Å². The Balaban J connectivity index is 2.49. The van der Waals surface area contributed by atoms with Gasteiger partial charge in [-0.05, 0) is 19.8 Å². The number of aryl methyl sites for hydroxylation is 1. The number of hydrogen-bond acceptors (Lipinski definition) is 4. The van der Waals surface area contributed by atoms with E-state index in [0.717, 1.165) is 36.5 Å². The van der Waals surface area contributed by atoms with Crippen molar-refractivity contribution in [1.29, 1.82) is 0 Å². The van der Waals surface area contributed by atoms with Gasteiger partial charge in [0.05, 0.1) is 0 Å². The first kappa shape index (κ1) is 14.1. The molecule has 4 nitrogen and oxygen atoms in total. The summed E-state index contributed by atoms with van der Waals surface area (Å²) in [6.07, 6.45) is 6.27. The van der Waals surface area contributed by atoms with Gasteiger partial charge < -0.3 is 5.32 Å². The molecule has 17 heavy (non-hydrogen) atoms. The van der Waals surface area contributed by atoms with E-state index in [0.29, 0.717) is 0 Å². The Morgan fingerprint density at radius 3 is 2.88 bits per heavy atom. The molecule has 0 bridgehead atoms. The number of nitrogens with zero attached hydrogens (tertiary/aromatic N) is 2. The lowest BCUT2D eigenvalue weighted by atomic mass is 10.2. The molecule has 5 heteroatoms. The molecule has 0 saturated heterocycles. The van der Waals surface area contributed by atoms with Crippen molar-refractivity contribution >= 4 is 16.6 Å². The summed E-state index contributed by atoms with van der Waals surface area (Å²) in [5.41, 5.74) is 1.07. The molecule has 0 radical (unpaired) electrons. The summed E-state index contributed by atoms with van der Waals surface area (Å²) < 4.78 is 11.0. The van der Waals surface area contributed by atoms with Crippen molar-refractivity contribution in [2.45, 2.75) is 39.2 Å². The summed E-state index contributed by atoms with van der Waals surface area (Å²) >= 11 is 0. The van der Waals surface area contributed by atoms with Crippen LogP contribution in [0.15, 0.2) is 12.4 Å². The van der Waals surface area contributed by atoms with E-state index in [-0.39, 0.29) is 6.04 Å². The highest BCUT2D eigenvalue weighted by molar-refractivity contribution is 7.84. The average Bonchev–Trinajstić information content (AvgIpc) is 2.27. The maximum atomic E-state index is 11.0. The van der Waals surface area contributed by atoms with E-state index in [4.69, 9.17) is 0 Å². The van der Waals surface area contributed by atoms with Gasteiger partial charge in [0.25, 0.3) is 0 Å². The molecular formula is C12H21N3OS. The monoisotopic (exact) mass is 255 g/mol. The van der Waals surface area contributed by atoms with Crippen molar-refractivity contribution in [3.8, 4) is 0 Å². The van der Waals surface area contributed by atoms with Gasteiger partial charge in [0, 0.05) is 40.6 Å². The fourth-order valence-electron chi connectivity index (χ4n) is 1.54. The standard InChI is InChI=1S/C12H21N3OS/c1-4-5-11-8-12(14-9-13-11)15-10(2)6-7-17(3)16/h8-10H,4-7H2,1-3H3,(H,13,14,15). The minimum Gasteiger partial charge on any atom is -0.367 e. The molecule has 0 amide bonds. The van der Waals surface area contributed by atoms with Crippen LogP contribution in [0.1, 0.15) is 32.4 Å². The van der Waals surface area contributed by atoms with Gasteiger partial charge in [-0.1, -0.05) is 13.3 Å². The van der Waals surface area contributed by atoms with E-state index < -0.39 is 10.8 Å². The fraction of sp³-hybridized carbons (Fsp3) is 0.667. The zero-order valence-electron chi connectivity index (χ0n) is 10.8. The molecule has 1 rings (SSSR count). The normalized spacial score (nSPS) is 14.3. The van der Waals surface area contributed by atoms with Gasteiger partial charge in [-0.2, -0.15) is 0 Å². The van der Waals surface area contributed by atoms with Crippen LogP contribution >= 0.6 is 0 Å². The summed E-state index contributed by atoms with van der Waals surface area (Å²) in [5, 5.41) is 3.31. The number of anilines is 1. The minimum atomic E-state index is -0.724. The van der Waals surface area contributed by atoms with Crippen molar-refractivity contribution < 1.29 is 4.21 Å². The molecule has 0 fully saturated rings. The number of nitrogens with one attached hydrogen (secondary N) is 1. The summed E-state index contributed by atoms with van der Waals surface area (Å²) in [5.74, 6) is 1.58. The molecule has 1 heterocycles. The predicted molar refractivity (Wildman–Crippen MR) is 72.7 cm³/mol. The van der Waals surface area contributed by atoms with Crippen molar-refractivity contribution in [3.63, 3.8) is 0 Å². The van der Waals surface area contributed by atoms with Crippen LogP contribution in [0.5, 0.6) is 0 Å². The highest BCUT2D eigenvalue weighted by Crippen LogP contribution is 2.08. The third-order valence-corrected chi connectivity index (χ3v) is 3.27. The zero-order chi connectivity index (χ0) is 12.7. The SMILES string of the molecule is CCCc1cc(NC(C)CCS(C)=O)ncn1. The van der Waals surface area contributed by atoms with Gasteiger partial charge in [0.2, 0.25) is 0 Å². The molecule has 0 saturated carbocycles. The van der Waals surface area contributed by atoms with E-state index in [1.54, 1.807) is 12.6 Å². The lowest BCUT2D eigenvalue weighted by Crippen LogP contribution is -2.18. The van der Waals surface area contributed by atoms with Gasteiger partial charge in [-0.3, -0.25) is 4.21 Å². The van der Waals surface area contributed by atoms with Crippen LogP contribution < -0.4 is 5.32 Å². The molecular weight excluding hydrogens is 234 g/mol. The molecule has 0 aromatic carbocycles. The molecule has 2 unspecified atom stereocenters. The van der Waals surface area contributed by atoms with Gasteiger partial charge in [0.15, 0.2) is 0 Å². The van der Waals surface area contributed by atoms with E-state index >= 15 is 0 Å².